The van der Waals surface area contributed by atoms with Crippen molar-refractivity contribution in [1.82, 2.24) is 0 Å². The standard InChI is InChI=1S/C61H102O6/c1-4-7-10-13-16-19-22-25-28-30-33-35-38-41-44-47-50-53-59(62)65-56-58(67-61(64)55-52-49-46-43-40-37-32-27-24-21-18-15-12-9-6-3)57-66-60(63)54-51-48-45-42-39-36-34-31-29-26-23-20-17-14-11-8-5-2/h7,10,16,18-19,21,25,27-28,32-33,35,40-41,43-44,58H,4-6,8-9,11-15,17,20,22-24,26,29-31,34,36-39,42,45-57H2,1-3H3/b10-7-,19-16-,21-18-,28-25-,32-27-,35-33-,43-40-,44-41-/t58-/m1/s1. The molecule has 0 saturated heterocycles. The van der Waals surface area contributed by atoms with E-state index < -0.39 is 6.10 Å². The van der Waals surface area contributed by atoms with Crippen LogP contribution in [-0.2, 0) is 28.6 Å². The lowest BCUT2D eigenvalue weighted by molar-refractivity contribution is -0.167. The Morgan fingerprint density at radius 2 is 0.597 bits per heavy atom. The molecule has 0 N–H and O–H groups in total. The minimum Gasteiger partial charge on any atom is -0.462 e. The van der Waals surface area contributed by atoms with Gasteiger partial charge in [0.1, 0.15) is 13.2 Å². The molecule has 0 spiro atoms. The van der Waals surface area contributed by atoms with Crippen LogP contribution in [0.5, 0.6) is 0 Å². The van der Waals surface area contributed by atoms with Crippen molar-refractivity contribution in [2.75, 3.05) is 13.2 Å². The maximum Gasteiger partial charge on any atom is 0.306 e. The van der Waals surface area contributed by atoms with E-state index in [-0.39, 0.29) is 44.0 Å². The Balaban J connectivity index is 4.51. The molecule has 0 aromatic carbocycles. The maximum atomic E-state index is 12.8. The van der Waals surface area contributed by atoms with Gasteiger partial charge in [-0.2, -0.15) is 0 Å². The fourth-order valence-electron chi connectivity index (χ4n) is 7.43. The second-order valence-corrected chi connectivity index (χ2v) is 18.1. The van der Waals surface area contributed by atoms with E-state index in [9.17, 15) is 14.4 Å². The first kappa shape index (κ1) is 63.3. The van der Waals surface area contributed by atoms with Gasteiger partial charge in [-0.25, -0.2) is 0 Å². The zero-order valence-corrected chi connectivity index (χ0v) is 43.6. The highest BCUT2D eigenvalue weighted by Crippen LogP contribution is 2.15. The molecule has 0 radical (unpaired) electrons. The number of carbonyl (C=O) groups excluding carboxylic acids is 3. The van der Waals surface area contributed by atoms with Crippen molar-refractivity contribution < 1.29 is 28.6 Å². The monoisotopic (exact) mass is 931 g/mol. The van der Waals surface area contributed by atoms with Crippen molar-refractivity contribution in [2.24, 2.45) is 0 Å². The zero-order chi connectivity index (χ0) is 48.6. The Kier molecular flexibility index (Phi) is 51.9. The van der Waals surface area contributed by atoms with Crippen molar-refractivity contribution in [3.05, 3.63) is 97.2 Å². The van der Waals surface area contributed by atoms with E-state index in [1.165, 1.54) is 116 Å². The van der Waals surface area contributed by atoms with Gasteiger partial charge in [0.15, 0.2) is 6.10 Å². The van der Waals surface area contributed by atoms with Gasteiger partial charge < -0.3 is 14.2 Å². The minimum absolute atomic E-state index is 0.109. The summed E-state index contributed by atoms with van der Waals surface area (Å²) in [4.78, 5) is 38.1. The first-order valence-corrected chi connectivity index (χ1v) is 27.7. The predicted molar refractivity (Wildman–Crippen MR) is 288 cm³/mol. The highest BCUT2D eigenvalue weighted by Gasteiger charge is 2.19. The second kappa shape index (κ2) is 54.9. The summed E-state index contributed by atoms with van der Waals surface area (Å²) in [5.74, 6) is -1.01. The lowest BCUT2D eigenvalue weighted by Crippen LogP contribution is -2.30. The summed E-state index contributed by atoms with van der Waals surface area (Å²) in [6, 6.07) is 0. The molecule has 0 aliphatic rings. The molecular weight excluding hydrogens is 829 g/mol. The van der Waals surface area contributed by atoms with E-state index in [0.29, 0.717) is 19.3 Å². The van der Waals surface area contributed by atoms with Crippen LogP contribution >= 0.6 is 0 Å². The van der Waals surface area contributed by atoms with E-state index in [2.05, 4.69) is 118 Å². The van der Waals surface area contributed by atoms with E-state index in [0.717, 1.165) is 83.5 Å². The van der Waals surface area contributed by atoms with Gasteiger partial charge in [-0.1, -0.05) is 234 Å². The first-order chi connectivity index (χ1) is 33.0. The van der Waals surface area contributed by atoms with Crippen molar-refractivity contribution >= 4 is 17.9 Å². The number of esters is 3. The van der Waals surface area contributed by atoms with Crippen LogP contribution in [0.4, 0.5) is 0 Å². The van der Waals surface area contributed by atoms with Gasteiger partial charge in [0.2, 0.25) is 0 Å². The predicted octanol–water partition coefficient (Wildman–Crippen LogP) is 18.5. The molecule has 0 aromatic heterocycles. The van der Waals surface area contributed by atoms with Crippen molar-refractivity contribution in [3.63, 3.8) is 0 Å². The van der Waals surface area contributed by atoms with Gasteiger partial charge in [-0.05, 0) is 96.3 Å². The van der Waals surface area contributed by atoms with Crippen LogP contribution < -0.4 is 0 Å². The summed E-state index contributed by atoms with van der Waals surface area (Å²) in [6.07, 6.45) is 72.6. The Morgan fingerprint density at radius 3 is 1.00 bits per heavy atom. The van der Waals surface area contributed by atoms with Gasteiger partial charge in [-0.3, -0.25) is 14.4 Å². The maximum absolute atomic E-state index is 12.8. The van der Waals surface area contributed by atoms with E-state index >= 15 is 0 Å². The molecule has 67 heavy (non-hydrogen) atoms. The van der Waals surface area contributed by atoms with Gasteiger partial charge in [-0.15, -0.1) is 0 Å². The molecule has 6 nitrogen and oxygen atoms in total. The molecule has 0 heterocycles. The van der Waals surface area contributed by atoms with E-state index in [1.807, 2.05) is 0 Å². The fraction of sp³-hybridized carbons (Fsp3) is 0.689. The molecule has 6 heteroatoms. The summed E-state index contributed by atoms with van der Waals surface area (Å²) < 4.78 is 16.8. The molecular formula is C61H102O6. The average molecular weight is 931 g/mol. The number of ether oxygens (including phenoxy) is 3. The van der Waals surface area contributed by atoms with Crippen LogP contribution in [-0.4, -0.2) is 37.2 Å². The Morgan fingerprint density at radius 1 is 0.313 bits per heavy atom. The smallest absolute Gasteiger partial charge is 0.306 e. The average Bonchev–Trinajstić information content (AvgIpc) is 3.33. The molecule has 0 saturated carbocycles. The van der Waals surface area contributed by atoms with E-state index in [4.69, 9.17) is 14.2 Å². The first-order valence-electron chi connectivity index (χ1n) is 27.7. The molecule has 0 rings (SSSR count). The number of allylic oxidation sites excluding steroid dienone is 16. The number of hydrogen-bond donors (Lipinski definition) is 0. The SMILES string of the molecule is CC/C=C\C/C=C\C/C=C\C/C=C\C/C=C\CCCC(=O)OC[C@H](COC(=O)CCCCCCCCCCCCCCCCCCC)OC(=O)CCCC/C=C\C/C=C\C/C=C\CCCCC. The summed E-state index contributed by atoms with van der Waals surface area (Å²) in [6.45, 7) is 6.42. The van der Waals surface area contributed by atoms with Crippen molar-refractivity contribution in [1.29, 1.82) is 0 Å². The lowest BCUT2D eigenvalue weighted by atomic mass is 10.0. The Hall–Kier alpha value is -3.67. The highest BCUT2D eigenvalue weighted by atomic mass is 16.6. The van der Waals surface area contributed by atoms with Gasteiger partial charge in [0, 0.05) is 19.3 Å². The summed E-state index contributed by atoms with van der Waals surface area (Å²) in [5.41, 5.74) is 0. The molecule has 0 amide bonds. The third kappa shape index (κ3) is 53.2. The van der Waals surface area contributed by atoms with Crippen LogP contribution in [0.15, 0.2) is 97.2 Å². The zero-order valence-electron chi connectivity index (χ0n) is 43.6. The second-order valence-electron chi connectivity index (χ2n) is 18.1. The van der Waals surface area contributed by atoms with Crippen LogP contribution in [0.3, 0.4) is 0 Å². The molecule has 0 unspecified atom stereocenters. The molecule has 1 atom stereocenters. The summed E-state index contributed by atoms with van der Waals surface area (Å²) in [5, 5.41) is 0. The molecule has 0 bridgehead atoms. The number of carbonyl (C=O) groups is 3. The van der Waals surface area contributed by atoms with Crippen LogP contribution in [0.2, 0.25) is 0 Å². The van der Waals surface area contributed by atoms with Gasteiger partial charge >= 0.3 is 17.9 Å². The minimum atomic E-state index is -0.820. The Labute approximate surface area is 413 Å². The summed E-state index contributed by atoms with van der Waals surface area (Å²) >= 11 is 0. The third-order valence-corrected chi connectivity index (χ3v) is 11.6. The largest absolute Gasteiger partial charge is 0.462 e. The fourth-order valence-corrected chi connectivity index (χ4v) is 7.43. The summed E-state index contributed by atoms with van der Waals surface area (Å²) in [7, 11) is 0. The van der Waals surface area contributed by atoms with Crippen molar-refractivity contribution in [3.8, 4) is 0 Å². The lowest BCUT2D eigenvalue weighted by Gasteiger charge is -2.18. The van der Waals surface area contributed by atoms with Crippen LogP contribution in [0.1, 0.15) is 252 Å². The van der Waals surface area contributed by atoms with Gasteiger partial charge in [0.05, 0.1) is 0 Å². The highest BCUT2D eigenvalue weighted by molar-refractivity contribution is 5.71. The molecule has 0 aliphatic carbocycles. The molecule has 0 aromatic rings. The molecule has 0 fully saturated rings. The van der Waals surface area contributed by atoms with E-state index in [1.54, 1.807) is 0 Å². The Bertz CT molecular complexity index is 1350. The number of hydrogen-bond acceptors (Lipinski definition) is 6. The molecule has 382 valence electrons. The molecule has 0 aliphatic heterocycles. The number of rotatable bonds is 49. The normalized spacial score (nSPS) is 12.8. The third-order valence-electron chi connectivity index (χ3n) is 11.6. The van der Waals surface area contributed by atoms with Gasteiger partial charge in [0.25, 0.3) is 0 Å². The van der Waals surface area contributed by atoms with Crippen LogP contribution in [0.25, 0.3) is 0 Å². The number of unbranched alkanes of at least 4 members (excludes halogenated alkanes) is 22. The quantitative estimate of drug-likeness (QED) is 0.0262. The van der Waals surface area contributed by atoms with Crippen molar-refractivity contribution in [2.45, 2.75) is 258 Å². The van der Waals surface area contributed by atoms with Crippen LogP contribution in [0, 0.1) is 0 Å². The topological polar surface area (TPSA) is 78.9 Å².